The summed E-state index contributed by atoms with van der Waals surface area (Å²) in [6.45, 7) is 5.44. The van der Waals surface area contributed by atoms with Gasteiger partial charge in [0.15, 0.2) is 0 Å². The zero-order valence-electron chi connectivity index (χ0n) is 14.1. The highest BCUT2D eigenvalue weighted by Gasteiger charge is 2.18. The van der Waals surface area contributed by atoms with Crippen molar-refractivity contribution in [3.8, 4) is 0 Å². The zero-order valence-corrected chi connectivity index (χ0v) is 14.1. The summed E-state index contributed by atoms with van der Waals surface area (Å²) in [6, 6.07) is 9.56. The van der Waals surface area contributed by atoms with E-state index < -0.39 is 5.97 Å². The molecule has 1 unspecified atom stereocenters. The molecule has 0 aliphatic rings. The third-order valence-electron chi connectivity index (χ3n) is 3.81. The van der Waals surface area contributed by atoms with E-state index in [2.05, 4.69) is 12.2 Å². The Labute approximate surface area is 138 Å². The largest absolute Gasteiger partial charge is 0.481 e. The number of rotatable bonds is 10. The number of carbonyl (C=O) groups is 2. The van der Waals surface area contributed by atoms with E-state index in [-0.39, 0.29) is 18.5 Å². The first-order valence-corrected chi connectivity index (χ1v) is 8.38. The molecule has 2 N–H and O–H groups in total. The number of amides is 2. The molecule has 0 aromatic heterocycles. The smallest absolute Gasteiger partial charge is 0.317 e. The van der Waals surface area contributed by atoms with Gasteiger partial charge in [-0.15, -0.1) is 0 Å². The van der Waals surface area contributed by atoms with Crippen molar-refractivity contribution < 1.29 is 14.7 Å². The van der Waals surface area contributed by atoms with Crippen LogP contribution in [0.25, 0.3) is 0 Å². The molecule has 0 saturated heterocycles. The van der Waals surface area contributed by atoms with E-state index in [0.717, 1.165) is 24.9 Å². The average molecular weight is 320 g/mol. The van der Waals surface area contributed by atoms with Crippen LogP contribution in [0.2, 0.25) is 0 Å². The van der Waals surface area contributed by atoms with Gasteiger partial charge in [-0.3, -0.25) is 4.79 Å². The summed E-state index contributed by atoms with van der Waals surface area (Å²) < 4.78 is 0. The molecular weight excluding hydrogens is 292 g/mol. The molecule has 0 fully saturated rings. The molecule has 128 valence electrons. The summed E-state index contributed by atoms with van der Waals surface area (Å²) in [7, 11) is 0. The van der Waals surface area contributed by atoms with Gasteiger partial charge in [-0.05, 0) is 31.7 Å². The molecule has 1 rings (SSSR count). The molecule has 0 bridgehead atoms. The van der Waals surface area contributed by atoms with Gasteiger partial charge in [0.1, 0.15) is 0 Å². The van der Waals surface area contributed by atoms with Crippen molar-refractivity contribution >= 4 is 12.0 Å². The Kier molecular flexibility index (Phi) is 8.80. The summed E-state index contributed by atoms with van der Waals surface area (Å²) in [5, 5.41) is 11.9. The fraction of sp³-hybridized carbons (Fsp3) is 0.556. The number of aliphatic carboxylic acids is 1. The fourth-order valence-corrected chi connectivity index (χ4v) is 2.44. The van der Waals surface area contributed by atoms with E-state index in [1.54, 1.807) is 4.90 Å². The molecule has 1 atom stereocenters. The standard InChI is InChI=1S/C18H28N2O3/c1-3-5-13-20(4-2)18(23)19-16(11-12-17(21)22)14-15-9-7-6-8-10-15/h6-10,16H,3-5,11-14H2,1-2H3,(H,19,23)(H,21,22). The highest BCUT2D eigenvalue weighted by atomic mass is 16.4. The predicted octanol–water partition coefficient (Wildman–Crippen LogP) is 3.29. The van der Waals surface area contributed by atoms with E-state index >= 15 is 0 Å². The van der Waals surface area contributed by atoms with Crippen molar-refractivity contribution in [3.05, 3.63) is 35.9 Å². The summed E-state index contributed by atoms with van der Waals surface area (Å²) >= 11 is 0. The van der Waals surface area contributed by atoms with Crippen LogP contribution in [0.5, 0.6) is 0 Å². The number of carbonyl (C=O) groups excluding carboxylic acids is 1. The Hall–Kier alpha value is -2.04. The Bertz CT molecular complexity index is 476. The topological polar surface area (TPSA) is 69.6 Å². The maximum atomic E-state index is 12.4. The number of nitrogens with one attached hydrogen (secondary N) is 1. The minimum Gasteiger partial charge on any atom is -0.481 e. The first-order chi connectivity index (χ1) is 11.1. The van der Waals surface area contributed by atoms with Crippen LogP contribution in [0.4, 0.5) is 4.79 Å². The lowest BCUT2D eigenvalue weighted by Gasteiger charge is -2.25. The van der Waals surface area contributed by atoms with Crippen molar-refractivity contribution in [1.29, 1.82) is 0 Å². The van der Waals surface area contributed by atoms with E-state index in [0.29, 0.717) is 19.4 Å². The third-order valence-corrected chi connectivity index (χ3v) is 3.81. The van der Waals surface area contributed by atoms with Gasteiger partial charge in [0.25, 0.3) is 0 Å². The van der Waals surface area contributed by atoms with Gasteiger partial charge in [-0.1, -0.05) is 43.7 Å². The van der Waals surface area contributed by atoms with Crippen LogP contribution < -0.4 is 5.32 Å². The Morgan fingerprint density at radius 3 is 2.48 bits per heavy atom. The number of carboxylic acid groups (broad SMARTS) is 1. The van der Waals surface area contributed by atoms with Crippen LogP contribution in [-0.4, -0.2) is 41.1 Å². The van der Waals surface area contributed by atoms with Gasteiger partial charge < -0.3 is 15.3 Å². The number of nitrogens with zero attached hydrogens (tertiary/aromatic N) is 1. The van der Waals surface area contributed by atoms with Gasteiger partial charge >= 0.3 is 12.0 Å². The average Bonchev–Trinajstić information content (AvgIpc) is 2.54. The molecular formula is C18H28N2O3. The monoisotopic (exact) mass is 320 g/mol. The molecule has 5 nitrogen and oxygen atoms in total. The zero-order chi connectivity index (χ0) is 17.1. The van der Waals surface area contributed by atoms with Crippen LogP contribution >= 0.6 is 0 Å². The molecule has 5 heteroatoms. The number of hydrogen-bond donors (Lipinski definition) is 2. The van der Waals surface area contributed by atoms with E-state index in [9.17, 15) is 9.59 Å². The highest BCUT2D eigenvalue weighted by molar-refractivity contribution is 5.74. The Morgan fingerprint density at radius 1 is 1.22 bits per heavy atom. The molecule has 23 heavy (non-hydrogen) atoms. The molecule has 1 aromatic carbocycles. The maximum absolute atomic E-state index is 12.4. The summed E-state index contributed by atoms with van der Waals surface area (Å²) in [5.41, 5.74) is 1.10. The predicted molar refractivity (Wildman–Crippen MR) is 91.5 cm³/mol. The van der Waals surface area contributed by atoms with Crippen molar-refractivity contribution in [1.82, 2.24) is 10.2 Å². The van der Waals surface area contributed by atoms with Crippen molar-refractivity contribution in [3.63, 3.8) is 0 Å². The minimum atomic E-state index is -0.837. The van der Waals surface area contributed by atoms with Crippen molar-refractivity contribution in [2.24, 2.45) is 0 Å². The lowest BCUT2D eigenvalue weighted by molar-refractivity contribution is -0.137. The normalized spacial score (nSPS) is 11.7. The molecule has 0 radical (unpaired) electrons. The van der Waals surface area contributed by atoms with Crippen LogP contribution in [-0.2, 0) is 11.2 Å². The molecule has 0 aliphatic carbocycles. The van der Waals surface area contributed by atoms with Crippen molar-refractivity contribution in [2.45, 2.75) is 52.0 Å². The number of carboxylic acids is 1. The van der Waals surface area contributed by atoms with E-state index in [4.69, 9.17) is 5.11 Å². The third kappa shape index (κ3) is 7.68. The van der Waals surface area contributed by atoms with Gasteiger partial charge in [-0.25, -0.2) is 4.79 Å². The number of unbranched alkanes of at least 4 members (excludes halogenated alkanes) is 1. The van der Waals surface area contributed by atoms with E-state index in [1.807, 2.05) is 37.3 Å². The van der Waals surface area contributed by atoms with Crippen LogP contribution in [0.3, 0.4) is 0 Å². The second kappa shape index (κ2) is 10.6. The quantitative estimate of drug-likeness (QED) is 0.695. The first-order valence-electron chi connectivity index (χ1n) is 8.38. The molecule has 0 saturated carbocycles. The summed E-state index contributed by atoms with van der Waals surface area (Å²) in [6.07, 6.45) is 3.14. The van der Waals surface area contributed by atoms with E-state index in [1.165, 1.54) is 0 Å². The van der Waals surface area contributed by atoms with Gasteiger partial charge in [0.05, 0.1) is 0 Å². The number of urea groups is 1. The Morgan fingerprint density at radius 2 is 1.91 bits per heavy atom. The van der Waals surface area contributed by atoms with Gasteiger partial charge in [0.2, 0.25) is 0 Å². The molecule has 0 aliphatic heterocycles. The second-order valence-electron chi connectivity index (χ2n) is 5.70. The summed E-state index contributed by atoms with van der Waals surface area (Å²) in [5.74, 6) is -0.837. The van der Waals surface area contributed by atoms with Crippen LogP contribution in [0.15, 0.2) is 30.3 Å². The highest BCUT2D eigenvalue weighted by Crippen LogP contribution is 2.09. The molecule has 2 amide bonds. The van der Waals surface area contributed by atoms with Gasteiger partial charge in [0, 0.05) is 25.6 Å². The van der Waals surface area contributed by atoms with Crippen molar-refractivity contribution in [2.75, 3.05) is 13.1 Å². The molecule has 0 heterocycles. The fourth-order valence-electron chi connectivity index (χ4n) is 2.44. The lowest BCUT2D eigenvalue weighted by atomic mass is 10.0. The van der Waals surface area contributed by atoms with Crippen LogP contribution in [0, 0.1) is 0 Å². The Balaban J connectivity index is 2.66. The summed E-state index contributed by atoms with van der Waals surface area (Å²) in [4.78, 5) is 25.0. The van der Waals surface area contributed by atoms with Gasteiger partial charge in [-0.2, -0.15) is 0 Å². The SMILES string of the molecule is CCCCN(CC)C(=O)NC(CCC(=O)O)Cc1ccccc1. The maximum Gasteiger partial charge on any atom is 0.317 e. The molecule has 0 spiro atoms. The number of hydrogen-bond acceptors (Lipinski definition) is 2. The first kappa shape index (κ1) is 19.0. The number of benzene rings is 1. The minimum absolute atomic E-state index is 0.0544. The lowest BCUT2D eigenvalue weighted by Crippen LogP contribution is -2.46. The second-order valence-corrected chi connectivity index (χ2v) is 5.70. The van der Waals surface area contributed by atoms with Crippen LogP contribution in [0.1, 0.15) is 45.1 Å². The molecule has 1 aromatic rings.